The first-order valence-electron chi connectivity index (χ1n) is 6.70. The summed E-state index contributed by atoms with van der Waals surface area (Å²) in [6, 6.07) is 5.82. The van der Waals surface area contributed by atoms with E-state index in [1.165, 1.54) is 5.56 Å². The van der Waals surface area contributed by atoms with Gasteiger partial charge in [-0.15, -0.1) is 0 Å². The number of hydrogen-bond acceptors (Lipinski definition) is 2. The zero-order valence-electron chi connectivity index (χ0n) is 11.7. The van der Waals surface area contributed by atoms with Crippen LogP contribution in [-0.2, 0) is 4.79 Å². The van der Waals surface area contributed by atoms with Gasteiger partial charge in [-0.3, -0.25) is 4.79 Å². The zero-order valence-corrected chi connectivity index (χ0v) is 13.3. The van der Waals surface area contributed by atoms with E-state index in [0.717, 1.165) is 29.5 Å². The lowest BCUT2D eigenvalue weighted by atomic mass is 9.77. The number of benzene rings is 1. The van der Waals surface area contributed by atoms with E-state index in [1.807, 2.05) is 25.1 Å². The Balaban J connectivity index is 2.12. The maximum absolute atomic E-state index is 12.4. The van der Waals surface area contributed by atoms with Crippen LogP contribution in [-0.4, -0.2) is 18.5 Å². The highest BCUT2D eigenvalue weighted by atomic mass is 79.9. The average Bonchev–Trinajstić information content (AvgIpc) is 2.32. The Bertz CT molecular complexity index is 485. The van der Waals surface area contributed by atoms with Gasteiger partial charge in [0.15, 0.2) is 0 Å². The minimum absolute atomic E-state index is 0.000490. The van der Waals surface area contributed by atoms with E-state index in [4.69, 9.17) is 0 Å². The highest BCUT2D eigenvalue weighted by Crippen LogP contribution is 2.31. The lowest BCUT2D eigenvalue weighted by molar-refractivity contribution is -0.121. The smallest absolute Gasteiger partial charge is 0.242 e. The molecule has 0 saturated carbocycles. The molecule has 3 nitrogen and oxygen atoms in total. The fourth-order valence-electron chi connectivity index (χ4n) is 2.59. The summed E-state index contributed by atoms with van der Waals surface area (Å²) in [5.74, 6) is 0.0502. The standard InChI is InChI=1S/C15H21BrN2O/c1-10-5-6-12(11(16)9-10)18-14(19)13-15(2,3)7-4-8-17-13/h5-6,9,13,17H,4,7-8H2,1-3H3,(H,18,19). The van der Waals surface area contributed by atoms with Crippen molar-refractivity contribution in [3.8, 4) is 0 Å². The van der Waals surface area contributed by atoms with Gasteiger partial charge >= 0.3 is 0 Å². The maximum Gasteiger partial charge on any atom is 0.242 e. The molecule has 1 aliphatic heterocycles. The molecule has 0 aliphatic carbocycles. The third-order valence-electron chi connectivity index (χ3n) is 3.77. The molecule has 1 fully saturated rings. The zero-order chi connectivity index (χ0) is 14.0. The summed E-state index contributed by atoms with van der Waals surface area (Å²) in [7, 11) is 0. The normalized spacial score (nSPS) is 22.0. The second-order valence-electron chi connectivity index (χ2n) is 5.95. The second kappa shape index (κ2) is 5.63. The molecule has 1 saturated heterocycles. The predicted molar refractivity (Wildman–Crippen MR) is 82.3 cm³/mol. The van der Waals surface area contributed by atoms with E-state index < -0.39 is 0 Å². The summed E-state index contributed by atoms with van der Waals surface area (Å²) in [6.07, 6.45) is 2.21. The first-order chi connectivity index (χ1) is 8.90. The number of carbonyl (C=O) groups excluding carboxylic acids is 1. The van der Waals surface area contributed by atoms with Crippen LogP contribution in [0.25, 0.3) is 0 Å². The number of rotatable bonds is 2. The van der Waals surface area contributed by atoms with Crippen molar-refractivity contribution < 1.29 is 4.79 Å². The topological polar surface area (TPSA) is 41.1 Å². The summed E-state index contributed by atoms with van der Waals surface area (Å²) in [5.41, 5.74) is 2.00. The van der Waals surface area contributed by atoms with E-state index in [1.54, 1.807) is 0 Å². The lowest BCUT2D eigenvalue weighted by Gasteiger charge is -2.38. The molecule has 0 bridgehead atoms. The Labute approximate surface area is 123 Å². The predicted octanol–water partition coefficient (Wildman–Crippen LogP) is 3.47. The molecular weight excluding hydrogens is 304 g/mol. The molecule has 2 N–H and O–H groups in total. The van der Waals surface area contributed by atoms with Crippen molar-refractivity contribution in [3.63, 3.8) is 0 Å². The Morgan fingerprint density at radius 3 is 2.84 bits per heavy atom. The number of anilines is 1. The van der Waals surface area contributed by atoms with Gasteiger partial charge in [0.25, 0.3) is 0 Å². The molecule has 2 rings (SSSR count). The number of halogens is 1. The monoisotopic (exact) mass is 324 g/mol. The van der Waals surface area contributed by atoms with Gasteiger partial charge in [-0.1, -0.05) is 19.9 Å². The summed E-state index contributed by atoms with van der Waals surface area (Å²) in [4.78, 5) is 12.4. The first kappa shape index (κ1) is 14.5. The third kappa shape index (κ3) is 3.37. The number of aryl methyl sites for hydroxylation is 1. The van der Waals surface area contributed by atoms with Gasteiger partial charge in [0.1, 0.15) is 0 Å². The van der Waals surface area contributed by atoms with Crippen molar-refractivity contribution in [2.75, 3.05) is 11.9 Å². The van der Waals surface area contributed by atoms with E-state index >= 15 is 0 Å². The van der Waals surface area contributed by atoms with E-state index in [2.05, 4.69) is 40.4 Å². The summed E-state index contributed by atoms with van der Waals surface area (Å²) >= 11 is 3.49. The van der Waals surface area contributed by atoms with Crippen LogP contribution in [0.15, 0.2) is 22.7 Å². The van der Waals surface area contributed by atoms with Gasteiger partial charge in [0.05, 0.1) is 11.7 Å². The van der Waals surface area contributed by atoms with Crippen molar-refractivity contribution in [2.45, 2.75) is 39.7 Å². The van der Waals surface area contributed by atoms with Crippen molar-refractivity contribution in [1.29, 1.82) is 0 Å². The van der Waals surface area contributed by atoms with E-state index in [9.17, 15) is 4.79 Å². The molecule has 4 heteroatoms. The van der Waals surface area contributed by atoms with Gasteiger partial charge in [-0.2, -0.15) is 0 Å². The van der Waals surface area contributed by atoms with Crippen LogP contribution in [0.3, 0.4) is 0 Å². The van der Waals surface area contributed by atoms with Gasteiger partial charge in [0.2, 0.25) is 5.91 Å². The molecule has 1 aromatic rings. The first-order valence-corrected chi connectivity index (χ1v) is 7.50. The van der Waals surface area contributed by atoms with Crippen LogP contribution < -0.4 is 10.6 Å². The SMILES string of the molecule is Cc1ccc(NC(=O)C2NCCCC2(C)C)c(Br)c1. The Morgan fingerprint density at radius 2 is 2.21 bits per heavy atom. The fourth-order valence-corrected chi connectivity index (χ4v) is 3.18. The van der Waals surface area contributed by atoms with Crippen molar-refractivity contribution in [1.82, 2.24) is 5.32 Å². The quantitative estimate of drug-likeness (QED) is 0.874. The van der Waals surface area contributed by atoms with E-state index in [0.29, 0.717) is 0 Å². The highest BCUT2D eigenvalue weighted by Gasteiger charge is 2.37. The Hall–Kier alpha value is -0.870. The van der Waals surface area contributed by atoms with Crippen LogP contribution in [0.1, 0.15) is 32.3 Å². The number of piperidine rings is 1. The Kier molecular flexibility index (Phi) is 4.31. The number of carbonyl (C=O) groups is 1. The van der Waals surface area contributed by atoms with Crippen molar-refractivity contribution >= 4 is 27.5 Å². The van der Waals surface area contributed by atoms with Crippen LogP contribution >= 0.6 is 15.9 Å². The van der Waals surface area contributed by atoms with Gasteiger partial charge < -0.3 is 10.6 Å². The number of amides is 1. The highest BCUT2D eigenvalue weighted by molar-refractivity contribution is 9.10. The summed E-state index contributed by atoms with van der Waals surface area (Å²) in [5, 5.41) is 6.35. The van der Waals surface area contributed by atoms with Crippen molar-refractivity contribution in [3.05, 3.63) is 28.2 Å². The third-order valence-corrected chi connectivity index (χ3v) is 4.43. The largest absolute Gasteiger partial charge is 0.324 e. The maximum atomic E-state index is 12.4. The molecule has 104 valence electrons. The summed E-state index contributed by atoms with van der Waals surface area (Å²) < 4.78 is 0.925. The van der Waals surface area contributed by atoms with Gasteiger partial charge in [0, 0.05) is 4.47 Å². The van der Waals surface area contributed by atoms with Gasteiger partial charge in [-0.25, -0.2) is 0 Å². The molecule has 0 radical (unpaired) electrons. The summed E-state index contributed by atoms with van der Waals surface area (Å²) in [6.45, 7) is 7.24. The minimum Gasteiger partial charge on any atom is -0.324 e. The Morgan fingerprint density at radius 1 is 1.47 bits per heavy atom. The molecule has 0 aromatic heterocycles. The molecule has 1 heterocycles. The number of nitrogens with one attached hydrogen (secondary N) is 2. The molecule has 1 aliphatic rings. The molecule has 19 heavy (non-hydrogen) atoms. The van der Waals surface area contributed by atoms with Crippen LogP contribution in [0.5, 0.6) is 0 Å². The number of hydrogen-bond donors (Lipinski definition) is 2. The van der Waals surface area contributed by atoms with Crippen molar-refractivity contribution in [2.24, 2.45) is 5.41 Å². The molecule has 1 aromatic carbocycles. The fraction of sp³-hybridized carbons (Fsp3) is 0.533. The molecular formula is C15H21BrN2O. The molecule has 1 atom stereocenters. The minimum atomic E-state index is -0.130. The van der Waals surface area contributed by atoms with Crippen LogP contribution in [0.2, 0.25) is 0 Å². The molecule has 1 unspecified atom stereocenters. The lowest BCUT2D eigenvalue weighted by Crippen LogP contribution is -2.53. The molecule has 1 amide bonds. The van der Waals surface area contributed by atoms with Crippen LogP contribution in [0, 0.1) is 12.3 Å². The van der Waals surface area contributed by atoms with E-state index in [-0.39, 0.29) is 17.4 Å². The second-order valence-corrected chi connectivity index (χ2v) is 6.81. The molecule has 0 spiro atoms. The average molecular weight is 325 g/mol. The van der Waals surface area contributed by atoms with Gasteiger partial charge in [-0.05, 0) is 65.4 Å². The van der Waals surface area contributed by atoms with Crippen LogP contribution in [0.4, 0.5) is 5.69 Å².